The summed E-state index contributed by atoms with van der Waals surface area (Å²) in [6.07, 6.45) is 3.91. The Morgan fingerprint density at radius 1 is 1.19 bits per heavy atom. The zero-order chi connectivity index (χ0) is 18.3. The van der Waals surface area contributed by atoms with Crippen molar-refractivity contribution < 1.29 is 4.79 Å². The Balaban J connectivity index is 1.72. The van der Waals surface area contributed by atoms with Gasteiger partial charge in [0.15, 0.2) is 5.65 Å². The zero-order valence-corrected chi connectivity index (χ0v) is 15.5. The third kappa shape index (κ3) is 3.21. The summed E-state index contributed by atoms with van der Waals surface area (Å²) >= 11 is 0. The van der Waals surface area contributed by atoms with Crippen molar-refractivity contribution in [2.45, 2.75) is 46.2 Å². The van der Waals surface area contributed by atoms with Crippen LogP contribution in [0.25, 0.3) is 11.0 Å². The summed E-state index contributed by atoms with van der Waals surface area (Å²) in [6, 6.07) is 11.9. The lowest BCUT2D eigenvalue weighted by Crippen LogP contribution is -2.33. The van der Waals surface area contributed by atoms with Gasteiger partial charge in [-0.2, -0.15) is 5.10 Å². The summed E-state index contributed by atoms with van der Waals surface area (Å²) in [6.45, 7) is 7.16. The topological polar surface area (TPSA) is 51.0 Å². The van der Waals surface area contributed by atoms with Crippen molar-refractivity contribution >= 4 is 22.8 Å². The first-order valence-corrected chi connectivity index (χ1v) is 9.25. The second kappa shape index (κ2) is 6.56. The van der Waals surface area contributed by atoms with Crippen molar-refractivity contribution in [3.05, 3.63) is 53.7 Å². The molecule has 0 radical (unpaired) electrons. The molecule has 0 N–H and O–H groups in total. The van der Waals surface area contributed by atoms with Gasteiger partial charge in [0.05, 0.1) is 6.20 Å². The van der Waals surface area contributed by atoms with E-state index < -0.39 is 0 Å². The molecule has 5 heteroatoms. The van der Waals surface area contributed by atoms with Crippen LogP contribution in [0, 0.1) is 12.8 Å². The molecular formula is C21H24N4O. The molecule has 0 aliphatic heterocycles. The molecule has 0 atom stereocenters. The average molecular weight is 348 g/mol. The van der Waals surface area contributed by atoms with Crippen LogP contribution < -0.4 is 4.90 Å². The van der Waals surface area contributed by atoms with Crippen LogP contribution in [0.15, 0.2) is 42.6 Å². The molecule has 26 heavy (non-hydrogen) atoms. The quantitative estimate of drug-likeness (QED) is 0.694. The second-order valence-corrected chi connectivity index (χ2v) is 7.58. The van der Waals surface area contributed by atoms with Crippen LogP contribution in [0.4, 0.5) is 5.82 Å². The van der Waals surface area contributed by atoms with Crippen molar-refractivity contribution in [3.8, 4) is 0 Å². The van der Waals surface area contributed by atoms with Crippen molar-refractivity contribution in [1.29, 1.82) is 0 Å². The van der Waals surface area contributed by atoms with Crippen molar-refractivity contribution in [2.75, 3.05) is 4.90 Å². The number of nitrogens with zero attached hydrogens (tertiary/aromatic N) is 4. The Kier molecular flexibility index (Phi) is 4.23. The Labute approximate surface area is 153 Å². The number of benzene rings is 1. The number of amides is 1. The maximum atomic E-state index is 13.1. The van der Waals surface area contributed by atoms with Gasteiger partial charge in [0.2, 0.25) is 0 Å². The molecule has 134 valence electrons. The summed E-state index contributed by atoms with van der Waals surface area (Å²) in [4.78, 5) is 19.8. The lowest BCUT2D eigenvalue weighted by Gasteiger charge is -2.22. The Morgan fingerprint density at radius 2 is 1.92 bits per heavy atom. The fraction of sp³-hybridized carbons (Fsp3) is 0.381. The maximum absolute atomic E-state index is 13.1. The maximum Gasteiger partial charge on any atom is 0.259 e. The van der Waals surface area contributed by atoms with E-state index in [4.69, 9.17) is 4.98 Å². The fourth-order valence-electron chi connectivity index (χ4n) is 3.18. The normalized spacial score (nSPS) is 14.2. The van der Waals surface area contributed by atoms with Gasteiger partial charge in [-0.3, -0.25) is 9.69 Å². The number of fused-ring (bicyclic) bond motifs is 1. The minimum atomic E-state index is 0.0225. The minimum Gasteiger partial charge on any atom is -0.290 e. The highest BCUT2D eigenvalue weighted by molar-refractivity contribution is 6.06. The molecule has 1 aliphatic carbocycles. The van der Waals surface area contributed by atoms with E-state index in [0.29, 0.717) is 11.5 Å². The molecule has 1 saturated carbocycles. The van der Waals surface area contributed by atoms with E-state index in [9.17, 15) is 4.79 Å². The van der Waals surface area contributed by atoms with E-state index in [1.165, 1.54) is 0 Å². The van der Waals surface area contributed by atoms with Gasteiger partial charge < -0.3 is 0 Å². The van der Waals surface area contributed by atoms with E-state index in [1.54, 1.807) is 0 Å². The SMILES string of the molecule is Cc1ccc(C(=O)N(c2ccc3cnn(CC(C)C)c3n2)C2CC2)cc1. The van der Waals surface area contributed by atoms with Crippen LogP contribution in [0.3, 0.4) is 0 Å². The van der Waals surface area contributed by atoms with Gasteiger partial charge in [-0.1, -0.05) is 31.5 Å². The van der Waals surface area contributed by atoms with Crippen molar-refractivity contribution in [1.82, 2.24) is 14.8 Å². The molecule has 3 aromatic rings. The highest BCUT2D eigenvalue weighted by Crippen LogP contribution is 2.33. The molecule has 1 amide bonds. The molecule has 5 nitrogen and oxygen atoms in total. The molecule has 0 spiro atoms. The number of aryl methyl sites for hydroxylation is 1. The molecule has 0 unspecified atom stereocenters. The van der Waals surface area contributed by atoms with Gasteiger partial charge in [0.1, 0.15) is 5.82 Å². The molecule has 4 rings (SSSR count). The number of carbonyl (C=O) groups excluding carboxylic acids is 1. The predicted octanol–water partition coefficient (Wildman–Crippen LogP) is 4.20. The minimum absolute atomic E-state index is 0.0225. The third-order valence-corrected chi connectivity index (χ3v) is 4.69. The van der Waals surface area contributed by atoms with E-state index >= 15 is 0 Å². The van der Waals surface area contributed by atoms with Gasteiger partial charge >= 0.3 is 0 Å². The monoisotopic (exact) mass is 348 g/mol. The predicted molar refractivity (Wildman–Crippen MR) is 103 cm³/mol. The first kappa shape index (κ1) is 16.8. The van der Waals surface area contributed by atoms with Gasteiger partial charge in [0.25, 0.3) is 5.91 Å². The number of pyridine rings is 1. The number of hydrogen-bond acceptors (Lipinski definition) is 3. The number of aromatic nitrogens is 3. The van der Waals surface area contributed by atoms with E-state index in [0.717, 1.165) is 41.8 Å². The lowest BCUT2D eigenvalue weighted by molar-refractivity contribution is 0.0984. The van der Waals surface area contributed by atoms with Crippen LogP contribution in [-0.2, 0) is 6.54 Å². The number of anilines is 1. The lowest BCUT2D eigenvalue weighted by atomic mass is 10.1. The van der Waals surface area contributed by atoms with E-state index in [2.05, 4.69) is 18.9 Å². The van der Waals surface area contributed by atoms with Crippen LogP contribution in [0.1, 0.15) is 42.6 Å². The largest absolute Gasteiger partial charge is 0.290 e. The highest BCUT2D eigenvalue weighted by atomic mass is 16.2. The molecule has 2 aromatic heterocycles. The average Bonchev–Trinajstić information content (AvgIpc) is 3.37. The van der Waals surface area contributed by atoms with Crippen molar-refractivity contribution in [3.63, 3.8) is 0 Å². The molecule has 2 heterocycles. The molecule has 0 bridgehead atoms. The standard InChI is InChI=1S/C21H24N4O/c1-14(2)13-24-20-17(12-22-24)8-11-19(23-20)25(18-9-10-18)21(26)16-6-4-15(3)5-7-16/h4-8,11-12,14,18H,9-10,13H2,1-3H3. The Morgan fingerprint density at radius 3 is 2.58 bits per heavy atom. The fourth-order valence-corrected chi connectivity index (χ4v) is 3.18. The van der Waals surface area contributed by atoms with Gasteiger partial charge in [-0.15, -0.1) is 0 Å². The van der Waals surface area contributed by atoms with Gasteiger partial charge in [-0.25, -0.2) is 9.67 Å². The summed E-state index contributed by atoms with van der Waals surface area (Å²) in [7, 11) is 0. The third-order valence-electron chi connectivity index (χ3n) is 4.69. The van der Waals surface area contributed by atoms with E-state index in [-0.39, 0.29) is 11.9 Å². The Hall–Kier alpha value is -2.69. The molecular weight excluding hydrogens is 324 g/mol. The Bertz CT molecular complexity index is 938. The zero-order valence-electron chi connectivity index (χ0n) is 15.5. The molecule has 0 saturated heterocycles. The number of hydrogen-bond donors (Lipinski definition) is 0. The van der Waals surface area contributed by atoms with E-state index in [1.807, 2.05) is 59.1 Å². The summed E-state index contributed by atoms with van der Waals surface area (Å²) in [5, 5.41) is 5.47. The summed E-state index contributed by atoms with van der Waals surface area (Å²) < 4.78 is 1.94. The van der Waals surface area contributed by atoms with Crippen LogP contribution >= 0.6 is 0 Å². The number of carbonyl (C=O) groups is 1. The molecule has 1 fully saturated rings. The summed E-state index contributed by atoms with van der Waals surface area (Å²) in [5.74, 6) is 1.22. The highest BCUT2D eigenvalue weighted by Gasteiger charge is 2.35. The van der Waals surface area contributed by atoms with Crippen LogP contribution in [0.5, 0.6) is 0 Å². The smallest absolute Gasteiger partial charge is 0.259 e. The second-order valence-electron chi connectivity index (χ2n) is 7.58. The first-order valence-electron chi connectivity index (χ1n) is 9.25. The summed E-state index contributed by atoms with van der Waals surface area (Å²) in [5.41, 5.74) is 2.70. The first-order chi connectivity index (χ1) is 12.5. The molecule has 1 aliphatic rings. The van der Waals surface area contributed by atoms with Crippen LogP contribution in [-0.4, -0.2) is 26.7 Å². The van der Waals surface area contributed by atoms with Crippen molar-refractivity contribution in [2.24, 2.45) is 5.92 Å². The molecule has 1 aromatic carbocycles. The van der Waals surface area contributed by atoms with Crippen LogP contribution in [0.2, 0.25) is 0 Å². The van der Waals surface area contributed by atoms with Gasteiger partial charge in [0, 0.05) is 23.5 Å². The van der Waals surface area contributed by atoms with Gasteiger partial charge in [-0.05, 0) is 49.9 Å². The number of rotatable bonds is 5.